The minimum absolute atomic E-state index is 0.140. The van der Waals surface area contributed by atoms with Crippen molar-refractivity contribution in [1.82, 2.24) is 14.9 Å². The van der Waals surface area contributed by atoms with E-state index < -0.39 is 11.8 Å². The predicted octanol–water partition coefficient (Wildman–Crippen LogP) is -0.284. The van der Waals surface area contributed by atoms with Crippen LogP contribution in [-0.4, -0.2) is 33.5 Å². The summed E-state index contributed by atoms with van der Waals surface area (Å²) in [5.41, 5.74) is 2.71. The molecule has 20 heavy (non-hydrogen) atoms. The van der Waals surface area contributed by atoms with Crippen LogP contribution in [0.25, 0.3) is 0 Å². The number of ether oxygens (including phenoxy) is 2. The molecule has 9 heteroatoms. The van der Waals surface area contributed by atoms with E-state index in [-0.39, 0.29) is 6.79 Å². The first kappa shape index (κ1) is 12.0. The third kappa shape index (κ3) is 2.36. The smallest absolute Gasteiger partial charge is 0.328 e. The maximum absolute atomic E-state index is 11.7. The summed E-state index contributed by atoms with van der Waals surface area (Å²) >= 11 is 0. The summed E-state index contributed by atoms with van der Waals surface area (Å²) in [6.07, 6.45) is 2.51. The molecule has 1 aliphatic rings. The summed E-state index contributed by atoms with van der Waals surface area (Å²) in [5, 5.41) is 9.43. The second-order valence-electron chi connectivity index (χ2n) is 3.83. The molecule has 2 N–H and O–H groups in total. The number of carbonyl (C=O) groups excluding carboxylic acids is 2. The number of aromatic nitrogens is 3. The van der Waals surface area contributed by atoms with Gasteiger partial charge in [0.15, 0.2) is 11.5 Å². The quantitative estimate of drug-likeness (QED) is 0.730. The summed E-state index contributed by atoms with van der Waals surface area (Å²) in [5.74, 6) is -0.556. The minimum atomic E-state index is -0.845. The molecule has 0 saturated carbocycles. The molecule has 0 spiro atoms. The molecule has 3 rings (SSSR count). The SMILES string of the molecule is O=C(Nc1ccc2c(c1)OCO2)C(=O)Nn1cnnc1. The van der Waals surface area contributed by atoms with Crippen molar-refractivity contribution in [3.8, 4) is 11.5 Å². The van der Waals surface area contributed by atoms with Crippen LogP contribution in [0.3, 0.4) is 0 Å². The van der Waals surface area contributed by atoms with E-state index >= 15 is 0 Å². The molecule has 1 aromatic heterocycles. The van der Waals surface area contributed by atoms with Gasteiger partial charge in [0.1, 0.15) is 12.7 Å². The molecule has 0 unspecified atom stereocenters. The lowest BCUT2D eigenvalue weighted by Gasteiger charge is -2.06. The van der Waals surface area contributed by atoms with Crippen molar-refractivity contribution in [2.24, 2.45) is 0 Å². The van der Waals surface area contributed by atoms with E-state index in [1.54, 1.807) is 18.2 Å². The van der Waals surface area contributed by atoms with Crippen molar-refractivity contribution in [1.29, 1.82) is 0 Å². The van der Waals surface area contributed by atoms with Crippen LogP contribution in [0.2, 0.25) is 0 Å². The van der Waals surface area contributed by atoms with Gasteiger partial charge in [-0.2, -0.15) is 0 Å². The number of nitrogens with zero attached hydrogens (tertiary/aromatic N) is 3. The molecule has 0 radical (unpaired) electrons. The number of anilines is 1. The van der Waals surface area contributed by atoms with Gasteiger partial charge < -0.3 is 14.8 Å². The average Bonchev–Trinajstić information content (AvgIpc) is 3.08. The Kier molecular flexibility index (Phi) is 2.92. The lowest BCUT2D eigenvalue weighted by Crippen LogP contribution is -2.33. The molecule has 1 aliphatic heterocycles. The van der Waals surface area contributed by atoms with Crippen molar-refractivity contribution in [2.45, 2.75) is 0 Å². The van der Waals surface area contributed by atoms with Crippen LogP contribution < -0.4 is 20.2 Å². The van der Waals surface area contributed by atoms with Crippen molar-refractivity contribution in [3.63, 3.8) is 0 Å². The molecule has 2 amide bonds. The van der Waals surface area contributed by atoms with Gasteiger partial charge in [-0.3, -0.25) is 15.0 Å². The van der Waals surface area contributed by atoms with Crippen LogP contribution in [0.15, 0.2) is 30.9 Å². The van der Waals surface area contributed by atoms with Crippen LogP contribution >= 0.6 is 0 Å². The summed E-state index contributed by atoms with van der Waals surface area (Å²) in [7, 11) is 0. The third-order valence-electron chi connectivity index (χ3n) is 2.49. The van der Waals surface area contributed by atoms with Gasteiger partial charge in [-0.05, 0) is 12.1 Å². The molecule has 0 atom stereocenters. The first-order valence-corrected chi connectivity index (χ1v) is 5.59. The van der Waals surface area contributed by atoms with Crippen LogP contribution in [0.4, 0.5) is 5.69 Å². The van der Waals surface area contributed by atoms with Crippen LogP contribution in [0.5, 0.6) is 11.5 Å². The molecule has 1 aromatic carbocycles. The molecule has 0 bridgehead atoms. The number of carbonyl (C=O) groups is 2. The number of nitrogens with one attached hydrogen (secondary N) is 2. The number of amides is 2. The highest BCUT2D eigenvalue weighted by molar-refractivity contribution is 6.42. The third-order valence-corrected chi connectivity index (χ3v) is 2.49. The lowest BCUT2D eigenvalue weighted by molar-refractivity contribution is -0.133. The largest absolute Gasteiger partial charge is 0.454 e. The van der Waals surface area contributed by atoms with E-state index in [1.807, 2.05) is 0 Å². The monoisotopic (exact) mass is 275 g/mol. The summed E-state index contributed by atoms with van der Waals surface area (Å²) in [4.78, 5) is 23.3. The van der Waals surface area contributed by atoms with Gasteiger partial charge in [-0.25, -0.2) is 4.68 Å². The fourth-order valence-electron chi connectivity index (χ4n) is 1.59. The first-order valence-electron chi connectivity index (χ1n) is 5.59. The van der Waals surface area contributed by atoms with Crippen molar-refractivity contribution < 1.29 is 19.1 Å². The molecule has 102 valence electrons. The number of rotatable bonds is 2. The summed E-state index contributed by atoms with van der Waals surface area (Å²) < 4.78 is 11.5. The molecular weight excluding hydrogens is 266 g/mol. The summed E-state index contributed by atoms with van der Waals surface area (Å²) in [6.45, 7) is 0.140. The predicted molar refractivity (Wildman–Crippen MR) is 65.6 cm³/mol. The maximum atomic E-state index is 11.7. The van der Waals surface area contributed by atoms with Gasteiger partial charge in [0, 0.05) is 11.8 Å². The van der Waals surface area contributed by atoms with Gasteiger partial charge in [0.05, 0.1) is 0 Å². The normalized spacial score (nSPS) is 12.0. The van der Waals surface area contributed by atoms with E-state index in [2.05, 4.69) is 20.9 Å². The van der Waals surface area contributed by atoms with E-state index in [9.17, 15) is 9.59 Å². The van der Waals surface area contributed by atoms with Crippen molar-refractivity contribution in [3.05, 3.63) is 30.9 Å². The Labute approximate surface area is 112 Å². The maximum Gasteiger partial charge on any atom is 0.328 e. The Morgan fingerprint density at radius 1 is 1.10 bits per heavy atom. The van der Waals surface area contributed by atoms with Crippen LogP contribution in [-0.2, 0) is 9.59 Å². The average molecular weight is 275 g/mol. The Morgan fingerprint density at radius 2 is 1.85 bits per heavy atom. The molecule has 2 heterocycles. The Morgan fingerprint density at radius 3 is 2.65 bits per heavy atom. The highest BCUT2D eigenvalue weighted by atomic mass is 16.7. The standard InChI is InChI=1S/C11H9N5O4/c17-10(11(18)15-16-4-12-13-5-16)14-7-1-2-8-9(3-7)20-6-19-8/h1-5H,6H2,(H,14,17)(H,15,18). The molecule has 0 saturated heterocycles. The summed E-state index contributed by atoms with van der Waals surface area (Å²) in [6, 6.07) is 4.83. The Bertz CT molecular complexity index is 655. The van der Waals surface area contributed by atoms with E-state index in [1.165, 1.54) is 17.3 Å². The number of benzene rings is 1. The zero-order chi connectivity index (χ0) is 13.9. The Hall–Kier alpha value is -3.10. The lowest BCUT2D eigenvalue weighted by atomic mass is 10.3. The molecule has 2 aromatic rings. The highest BCUT2D eigenvalue weighted by Gasteiger charge is 2.17. The number of hydrogen-bond acceptors (Lipinski definition) is 6. The highest BCUT2D eigenvalue weighted by Crippen LogP contribution is 2.34. The fourth-order valence-corrected chi connectivity index (χ4v) is 1.59. The topological polar surface area (TPSA) is 107 Å². The molecule has 0 fully saturated rings. The molecule has 9 nitrogen and oxygen atoms in total. The zero-order valence-corrected chi connectivity index (χ0v) is 10.1. The van der Waals surface area contributed by atoms with Crippen LogP contribution in [0, 0.1) is 0 Å². The second kappa shape index (κ2) is 4.88. The van der Waals surface area contributed by atoms with E-state index in [4.69, 9.17) is 9.47 Å². The van der Waals surface area contributed by atoms with E-state index in [0.29, 0.717) is 17.2 Å². The first-order chi connectivity index (χ1) is 9.72. The molecular formula is C11H9N5O4. The molecule has 0 aliphatic carbocycles. The second-order valence-corrected chi connectivity index (χ2v) is 3.83. The zero-order valence-electron chi connectivity index (χ0n) is 10.1. The van der Waals surface area contributed by atoms with Gasteiger partial charge in [0.25, 0.3) is 0 Å². The van der Waals surface area contributed by atoms with Crippen molar-refractivity contribution in [2.75, 3.05) is 17.5 Å². The fraction of sp³-hybridized carbons (Fsp3) is 0.0909. The van der Waals surface area contributed by atoms with Gasteiger partial charge in [-0.1, -0.05) is 0 Å². The number of hydrogen-bond donors (Lipinski definition) is 2. The van der Waals surface area contributed by atoms with E-state index in [0.717, 1.165) is 0 Å². The Balaban J connectivity index is 1.65. The van der Waals surface area contributed by atoms with Gasteiger partial charge in [-0.15, -0.1) is 10.2 Å². The number of fused-ring (bicyclic) bond motifs is 1. The van der Waals surface area contributed by atoms with Crippen molar-refractivity contribution >= 4 is 17.5 Å². The van der Waals surface area contributed by atoms with Gasteiger partial charge in [0.2, 0.25) is 6.79 Å². The minimum Gasteiger partial charge on any atom is -0.454 e. The van der Waals surface area contributed by atoms with Crippen LogP contribution in [0.1, 0.15) is 0 Å². The van der Waals surface area contributed by atoms with Gasteiger partial charge >= 0.3 is 11.8 Å².